The van der Waals surface area contributed by atoms with Crippen LogP contribution >= 0.6 is 11.8 Å². The summed E-state index contributed by atoms with van der Waals surface area (Å²) in [6.07, 6.45) is 20.0. The first-order chi connectivity index (χ1) is 9.93. The quantitative estimate of drug-likeness (QED) is 0.323. The fourth-order valence-corrected chi connectivity index (χ4v) is 3.48. The standard InChI is InChI=1S/C18H34OS/c1-2-3-4-5-6-7-11-16-20-17-12-9-14-18-13-8-10-15-19-18/h7,11,18H,2-6,8-10,12-17H2,1H3. The molecule has 0 aromatic rings. The van der Waals surface area contributed by atoms with Gasteiger partial charge >= 0.3 is 0 Å². The van der Waals surface area contributed by atoms with Crippen LogP contribution in [0.1, 0.15) is 77.6 Å². The maximum absolute atomic E-state index is 5.76. The molecule has 0 aromatic carbocycles. The Morgan fingerprint density at radius 1 is 1.05 bits per heavy atom. The summed E-state index contributed by atoms with van der Waals surface area (Å²) in [7, 11) is 0. The summed E-state index contributed by atoms with van der Waals surface area (Å²) in [6.45, 7) is 3.27. The molecule has 2 heteroatoms. The number of hydrogen-bond acceptors (Lipinski definition) is 2. The Hall–Kier alpha value is 0.0500. The first kappa shape index (κ1) is 18.1. The molecule has 1 atom stereocenters. The molecular formula is C18H34OS. The van der Waals surface area contributed by atoms with E-state index in [-0.39, 0.29) is 0 Å². The number of rotatable bonds is 12. The highest BCUT2D eigenvalue weighted by Gasteiger charge is 2.12. The van der Waals surface area contributed by atoms with E-state index in [0.29, 0.717) is 6.10 Å². The zero-order chi connectivity index (χ0) is 14.3. The minimum absolute atomic E-state index is 0.580. The molecule has 1 heterocycles. The van der Waals surface area contributed by atoms with Gasteiger partial charge in [-0.05, 0) is 50.7 Å². The maximum Gasteiger partial charge on any atom is 0.0575 e. The van der Waals surface area contributed by atoms with Crippen molar-refractivity contribution >= 4 is 11.8 Å². The second-order valence-corrected chi connectivity index (χ2v) is 7.03. The Morgan fingerprint density at radius 3 is 2.80 bits per heavy atom. The average molecular weight is 299 g/mol. The molecule has 0 radical (unpaired) electrons. The predicted octanol–water partition coefficient (Wildman–Crippen LogP) is 5.99. The normalized spacial score (nSPS) is 19.8. The van der Waals surface area contributed by atoms with E-state index in [2.05, 4.69) is 30.8 Å². The van der Waals surface area contributed by atoms with E-state index < -0.39 is 0 Å². The summed E-state index contributed by atoms with van der Waals surface area (Å²) in [5.41, 5.74) is 0. The number of thioether (sulfide) groups is 1. The van der Waals surface area contributed by atoms with Crippen molar-refractivity contribution < 1.29 is 4.74 Å². The largest absolute Gasteiger partial charge is 0.378 e. The van der Waals surface area contributed by atoms with E-state index in [9.17, 15) is 0 Å². The first-order valence-electron chi connectivity index (χ1n) is 8.78. The summed E-state index contributed by atoms with van der Waals surface area (Å²) in [5.74, 6) is 2.51. The zero-order valence-electron chi connectivity index (χ0n) is 13.4. The van der Waals surface area contributed by atoms with Crippen LogP contribution in [-0.4, -0.2) is 24.2 Å². The van der Waals surface area contributed by atoms with E-state index in [0.717, 1.165) is 6.61 Å². The van der Waals surface area contributed by atoms with Gasteiger partial charge in [-0.3, -0.25) is 0 Å². The van der Waals surface area contributed by atoms with Crippen molar-refractivity contribution in [3.63, 3.8) is 0 Å². The highest BCUT2D eigenvalue weighted by Crippen LogP contribution is 2.18. The van der Waals surface area contributed by atoms with E-state index >= 15 is 0 Å². The smallest absolute Gasteiger partial charge is 0.0575 e. The lowest BCUT2D eigenvalue weighted by Gasteiger charge is -2.22. The van der Waals surface area contributed by atoms with Crippen molar-refractivity contribution in [1.82, 2.24) is 0 Å². The minimum Gasteiger partial charge on any atom is -0.378 e. The molecule has 0 aromatic heterocycles. The van der Waals surface area contributed by atoms with Crippen molar-refractivity contribution in [2.24, 2.45) is 0 Å². The van der Waals surface area contributed by atoms with Gasteiger partial charge in [-0.15, -0.1) is 0 Å². The second kappa shape index (κ2) is 14.0. The van der Waals surface area contributed by atoms with E-state index in [1.54, 1.807) is 0 Å². The van der Waals surface area contributed by atoms with Gasteiger partial charge < -0.3 is 4.74 Å². The second-order valence-electron chi connectivity index (χ2n) is 5.88. The van der Waals surface area contributed by atoms with E-state index in [1.165, 1.54) is 82.1 Å². The minimum atomic E-state index is 0.580. The molecule has 0 N–H and O–H groups in total. The van der Waals surface area contributed by atoms with Crippen LogP contribution in [0.15, 0.2) is 12.2 Å². The molecule has 1 aliphatic heterocycles. The van der Waals surface area contributed by atoms with Crippen LogP contribution in [0.25, 0.3) is 0 Å². The highest BCUT2D eigenvalue weighted by atomic mass is 32.2. The van der Waals surface area contributed by atoms with Crippen LogP contribution in [0, 0.1) is 0 Å². The molecule has 1 aliphatic rings. The zero-order valence-corrected chi connectivity index (χ0v) is 14.3. The van der Waals surface area contributed by atoms with Crippen LogP contribution in [0.3, 0.4) is 0 Å². The fourth-order valence-electron chi connectivity index (χ4n) is 2.64. The first-order valence-corrected chi connectivity index (χ1v) is 9.93. The molecular weight excluding hydrogens is 264 g/mol. The number of ether oxygens (including phenoxy) is 1. The highest BCUT2D eigenvalue weighted by molar-refractivity contribution is 7.99. The number of allylic oxidation sites excluding steroid dienone is 1. The maximum atomic E-state index is 5.76. The lowest BCUT2D eigenvalue weighted by molar-refractivity contribution is 0.0101. The van der Waals surface area contributed by atoms with Crippen LogP contribution in [-0.2, 0) is 4.74 Å². The van der Waals surface area contributed by atoms with Gasteiger partial charge in [0.05, 0.1) is 6.10 Å². The van der Waals surface area contributed by atoms with Gasteiger partial charge in [0.2, 0.25) is 0 Å². The number of hydrogen-bond donors (Lipinski definition) is 0. The van der Waals surface area contributed by atoms with Gasteiger partial charge in [0.25, 0.3) is 0 Å². The van der Waals surface area contributed by atoms with Crippen molar-refractivity contribution in [1.29, 1.82) is 0 Å². The monoisotopic (exact) mass is 298 g/mol. The summed E-state index contributed by atoms with van der Waals surface area (Å²) in [5, 5.41) is 0. The molecule has 20 heavy (non-hydrogen) atoms. The molecule has 0 aliphatic carbocycles. The summed E-state index contributed by atoms with van der Waals surface area (Å²) < 4.78 is 5.76. The van der Waals surface area contributed by atoms with Gasteiger partial charge in [0.1, 0.15) is 0 Å². The molecule has 1 fully saturated rings. The van der Waals surface area contributed by atoms with Crippen LogP contribution < -0.4 is 0 Å². The third kappa shape index (κ3) is 10.8. The SMILES string of the molecule is CCCCCCC=CCSCCCCC1CCCCO1. The van der Waals surface area contributed by atoms with Crippen LogP contribution in [0.5, 0.6) is 0 Å². The third-order valence-corrected chi connectivity index (χ3v) is 4.95. The van der Waals surface area contributed by atoms with Gasteiger partial charge in [0.15, 0.2) is 0 Å². The van der Waals surface area contributed by atoms with Crippen molar-refractivity contribution in [2.75, 3.05) is 18.1 Å². The van der Waals surface area contributed by atoms with Crippen molar-refractivity contribution in [2.45, 2.75) is 83.7 Å². The predicted molar refractivity (Wildman–Crippen MR) is 92.7 cm³/mol. The molecule has 1 rings (SSSR count). The van der Waals surface area contributed by atoms with E-state index in [1.807, 2.05) is 0 Å². The Labute approximate surface area is 130 Å². The molecule has 0 bridgehead atoms. The lowest BCUT2D eigenvalue weighted by Crippen LogP contribution is -2.18. The molecule has 1 unspecified atom stereocenters. The Balaban J connectivity index is 1.76. The van der Waals surface area contributed by atoms with Gasteiger partial charge in [-0.1, -0.05) is 44.8 Å². The van der Waals surface area contributed by atoms with Crippen molar-refractivity contribution in [3.8, 4) is 0 Å². The van der Waals surface area contributed by atoms with Crippen LogP contribution in [0.4, 0.5) is 0 Å². The van der Waals surface area contributed by atoms with Gasteiger partial charge in [-0.2, -0.15) is 11.8 Å². The van der Waals surface area contributed by atoms with Crippen molar-refractivity contribution in [3.05, 3.63) is 12.2 Å². The van der Waals surface area contributed by atoms with E-state index in [4.69, 9.17) is 4.74 Å². The molecule has 0 spiro atoms. The summed E-state index contributed by atoms with van der Waals surface area (Å²) in [4.78, 5) is 0. The van der Waals surface area contributed by atoms with Gasteiger partial charge in [-0.25, -0.2) is 0 Å². The summed E-state index contributed by atoms with van der Waals surface area (Å²) in [6, 6.07) is 0. The van der Waals surface area contributed by atoms with Crippen LogP contribution in [0.2, 0.25) is 0 Å². The topological polar surface area (TPSA) is 9.23 Å². The average Bonchev–Trinajstić information content (AvgIpc) is 2.49. The molecule has 0 amide bonds. The Kier molecular flexibility index (Phi) is 12.7. The van der Waals surface area contributed by atoms with Gasteiger partial charge in [0, 0.05) is 12.4 Å². The molecule has 0 saturated carbocycles. The fraction of sp³-hybridized carbons (Fsp3) is 0.889. The Bertz CT molecular complexity index is 221. The third-order valence-electron chi connectivity index (χ3n) is 3.94. The molecule has 118 valence electrons. The molecule has 1 saturated heterocycles. The number of unbranched alkanes of at least 4 members (excludes halogenated alkanes) is 5. The Morgan fingerprint density at radius 2 is 2.00 bits per heavy atom. The lowest BCUT2D eigenvalue weighted by atomic mass is 10.0. The molecule has 1 nitrogen and oxygen atoms in total. The summed E-state index contributed by atoms with van der Waals surface area (Å²) >= 11 is 2.08.